The summed E-state index contributed by atoms with van der Waals surface area (Å²) in [5, 5.41) is 38.3. The molecule has 0 spiro atoms. The van der Waals surface area contributed by atoms with E-state index in [-0.39, 0.29) is 17.2 Å². The number of H-pyrrole nitrogens is 2. The topological polar surface area (TPSA) is 253 Å². The van der Waals surface area contributed by atoms with Crippen LogP contribution in [0.5, 0.6) is 6.01 Å². The Hall–Kier alpha value is -9.59. The molecule has 20 nitrogen and oxygen atoms in total. The maximum atomic E-state index is 13.4. The number of para-hydroxylation sites is 2. The molecule has 1 fully saturated rings. The Kier molecular flexibility index (Phi) is 14.7. The molecule has 11 rings (SSSR count). The molecule has 1 aliphatic rings. The highest BCUT2D eigenvalue weighted by atomic mass is 16.8. The lowest BCUT2D eigenvalue weighted by atomic mass is 9.98. The van der Waals surface area contributed by atoms with Crippen LogP contribution in [0.25, 0.3) is 67.1 Å². The fourth-order valence-electron chi connectivity index (χ4n) is 9.23. The molecule has 1 unspecified atom stereocenters. The van der Waals surface area contributed by atoms with Crippen LogP contribution in [0.1, 0.15) is 77.8 Å². The second kappa shape index (κ2) is 22.4. The molecular weight excluding hydrogens is 957 g/mol. The van der Waals surface area contributed by atoms with E-state index in [1.165, 1.54) is 6.92 Å². The highest BCUT2D eigenvalue weighted by Gasteiger charge is 2.25. The number of tetrazole rings is 2. The number of aromatic carboxylic acids is 1. The second-order valence-electron chi connectivity index (χ2n) is 17.6. The van der Waals surface area contributed by atoms with Gasteiger partial charge in [0.1, 0.15) is 6.10 Å². The van der Waals surface area contributed by atoms with Gasteiger partial charge in [-0.25, -0.2) is 19.4 Å². The molecule has 1 atom stereocenters. The molecule has 378 valence electrons. The van der Waals surface area contributed by atoms with Crippen LogP contribution in [0.2, 0.25) is 0 Å². The van der Waals surface area contributed by atoms with Gasteiger partial charge in [-0.15, -0.1) is 20.4 Å². The molecule has 6 aromatic carbocycles. The van der Waals surface area contributed by atoms with Crippen molar-refractivity contribution in [2.24, 2.45) is 0 Å². The molecule has 0 aliphatic heterocycles. The Morgan fingerprint density at radius 2 is 1.23 bits per heavy atom. The van der Waals surface area contributed by atoms with Crippen LogP contribution in [0.15, 0.2) is 140 Å². The number of nitrogens with zero attached hydrogens (tertiary/aromatic N) is 10. The molecule has 0 radical (unpaired) electrons. The first-order valence-electron chi connectivity index (χ1n) is 24.4. The molecule has 1 aliphatic carbocycles. The van der Waals surface area contributed by atoms with E-state index in [0.29, 0.717) is 59.4 Å². The summed E-state index contributed by atoms with van der Waals surface area (Å²) in [5.41, 5.74) is 10.7. The van der Waals surface area contributed by atoms with E-state index >= 15 is 0 Å². The van der Waals surface area contributed by atoms with Crippen LogP contribution in [-0.2, 0) is 27.3 Å². The molecule has 4 heterocycles. The van der Waals surface area contributed by atoms with Gasteiger partial charge < -0.3 is 28.6 Å². The SMILES string of the molecule is CCOc1nc2cccc(C(=O)OC(C)OC(=O)OC3CCCCC3)c2n1Cc1ccc(-c2ccccc2-c2nn[nH]n2)cc1.O=C(O)c1cccc2ncn(Cc3ccc(-c4ccccc4-c4nn[nH]n4)cc3)c12. The molecular formula is C55H50N12O8. The first-order chi connectivity index (χ1) is 36.7. The number of esters is 1. The van der Waals surface area contributed by atoms with Gasteiger partial charge in [-0.2, -0.15) is 15.4 Å². The quantitative estimate of drug-likeness (QED) is 0.0638. The first kappa shape index (κ1) is 49.0. The van der Waals surface area contributed by atoms with Gasteiger partial charge in [-0.1, -0.05) is 116 Å². The molecule has 4 aromatic heterocycles. The van der Waals surface area contributed by atoms with Crippen LogP contribution >= 0.6 is 0 Å². The number of imidazole rings is 2. The normalized spacial score (nSPS) is 12.9. The lowest BCUT2D eigenvalue weighted by molar-refractivity contribution is -0.0914. The number of hydrogen-bond donors (Lipinski definition) is 3. The summed E-state index contributed by atoms with van der Waals surface area (Å²) in [7, 11) is 0. The van der Waals surface area contributed by atoms with Crippen molar-refractivity contribution >= 4 is 40.2 Å². The third-order valence-electron chi connectivity index (χ3n) is 12.7. The summed E-state index contributed by atoms with van der Waals surface area (Å²) < 4.78 is 25.8. The number of benzene rings is 6. The summed E-state index contributed by atoms with van der Waals surface area (Å²) in [6.45, 7) is 4.65. The van der Waals surface area contributed by atoms with Crippen molar-refractivity contribution in [3.8, 4) is 51.0 Å². The van der Waals surface area contributed by atoms with Gasteiger partial charge in [0.25, 0.3) is 6.01 Å². The molecule has 0 amide bonds. The van der Waals surface area contributed by atoms with E-state index in [2.05, 4.69) is 51.2 Å². The van der Waals surface area contributed by atoms with Crippen molar-refractivity contribution in [1.29, 1.82) is 0 Å². The number of carbonyl (C=O) groups excluding carboxylic acids is 2. The summed E-state index contributed by atoms with van der Waals surface area (Å²) in [4.78, 5) is 46.3. The van der Waals surface area contributed by atoms with E-state index in [1.807, 2.05) is 125 Å². The molecule has 20 heteroatoms. The van der Waals surface area contributed by atoms with Crippen molar-refractivity contribution in [2.75, 3.05) is 6.61 Å². The molecule has 75 heavy (non-hydrogen) atoms. The second-order valence-corrected chi connectivity index (χ2v) is 17.6. The Morgan fingerprint density at radius 3 is 1.80 bits per heavy atom. The Bertz CT molecular complexity index is 3570. The van der Waals surface area contributed by atoms with E-state index in [9.17, 15) is 19.5 Å². The third kappa shape index (κ3) is 11.1. The highest BCUT2D eigenvalue weighted by Crippen LogP contribution is 2.33. The zero-order valence-electron chi connectivity index (χ0n) is 40.9. The van der Waals surface area contributed by atoms with Crippen LogP contribution in [0, 0.1) is 0 Å². The maximum Gasteiger partial charge on any atom is 0.511 e. The largest absolute Gasteiger partial charge is 0.511 e. The van der Waals surface area contributed by atoms with E-state index in [0.717, 1.165) is 76.6 Å². The van der Waals surface area contributed by atoms with Crippen molar-refractivity contribution < 1.29 is 38.4 Å². The third-order valence-corrected chi connectivity index (χ3v) is 12.7. The van der Waals surface area contributed by atoms with Gasteiger partial charge in [-0.3, -0.25) is 4.57 Å². The first-order valence-corrected chi connectivity index (χ1v) is 24.4. The molecule has 0 saturated heterocycles. The van der Waals surface area contributed by atoms with Crippen molar-refractivity contribution in [2.45, 2.75) is 71.4 Å². The number of aromatic amines is 2. The number of aromatic nitrogens is 12. The zero-order valence-corrected chi connectivity index (χ0v) is 40.9. The number of carboxylic acid groups (broad SMARTS) is 1. The zero-order chi connectivity index (χ0) is 51.7. The molecule has 3 N–H and O–H groups in total. The summed E-state index contributed by atoms with van der Waals surface area (Å²) in [6, 6.07) is 42.6. The minimum absolute atomic E-state index is 0.163. The van der Waals surface area contributed by atoms with Gasteiger partial charge in [0.15, 0.2) is 0 Å². The fraction of sp³-hybridized carbons (Fsp3) is 0.218. The predicted molar refractivity (Wildman–Crippen MR) is 275 cm³/mol. The van der Waals surface area contributed by atoms with E-state index in [4.69, 9.17) is 18.9 Å². The Labute approximate surface area is 428 Å². The van der Waals surface area contributed by atoms with Gasteiger partial charge in [0, 0.05) is 24.6 Å². The number of fused-ring (bicyclic) bond motifs is 2. The highest BCUT2D eigenvalue weighted by molar-refractivity contribution is 6.03. The van der Waals surface area contributed by atoms with Crippen LogP contribution in [-0.4, -0.2) is 103 Å². The number of hydrogen-bond acceptors (Lipinski definition) is 15. The van der Waals surface area contributed by atoms with Crippen molar-refractivity contribution in [3.63, 3.8) is 0 Å². The average molecular weight is 1010 g/mol. The smallest absolute Gasteiger partial charge is 0.478 e. The van der Waals surface area contributed by atoms with Crippen LogP contribution in [0.3, 0.4) is 0 Å². The standard InChI is InChI=1S/C33H34N6O6.C22H16N6O2/c1-3-42-32-34-28-15-9-14-27(31(40)43-21(2)44-33(41)45-24-10-5-4-6-11-24)29(28)39(32)20-22-16-18-23(19-17-22)25-12-7-8-13-26(25)30-35-37-38-36-30;29-22(30)18-6-3-7-19-20(18)28(13-23-19)12-14-8-10-15(11-9-14)16-4-1-2-5-17(16)21-24-26-27-25-21/h7-9,12-19,21,24H,3-6,10-11,20H2,1-2H3,(H,35,36,37,38);1-11,13H,12H2,(H,29,30)(H,24,25,26,27). The Balaban J connectivity index is 0.000000185. The molecule has 10 aromatic rings. The minimum Gasteiger partial charge on any atom is -0.478 e. The Morgan fingerprint density at radius 1 is 0.653 bits per heavy atom. The number of carbonyl (C=O) groups is 3. The van der Waals surface area contributed by atoms with Crippen molar-refractivity contribution in [3.05, 3.63) is 162 Å². The lowest BCUT2D eigenvalue weighted by Gasteiger charge is -2.22. The summed E-state index contributed by atoms with van der Waals surface area (Å²) >= 11 is 0. The number of carboxylic acids is 1. The lowest BCUT2D eigenvalue weighted by Crippen LogP contribution is -2.26. The monoisotopic (exact) mass is 1010 g/mol. The van der Waals surface area contributed by atoms with Crippen LogP contribution < -0.4 is 4.74 Å². The van der Waals surface area contributed by atoms with E-state index in [1.54, 1.807) is 30.6 Å². The molecule has 0 bridgehead atoms. The number of nitrogens with one attached hydrogen (secondary N) is 2. The predicted octanol–water partition coefficient (Wildman–Crippen LogP) is 9.95. The average Bonchev–Trinajstić information content (AvgIpc) is 4.30. The van der Waals surface area contributed by atoms with E-state index < -0.39 is 24.4 Å². The number of ether oxygens (including phenoxy) is 4. The summed E-state index contributed by atoms with van der Waals surface area (Å²) in [6.07, 6.45) is 4.33. The van der Waals surface area contributed by atoms with Gasteiger partial charge >= 0.3 is 18.1 Å². The van der Waals surface area contributed by atoms with Crippen molar-refractivity contribution in [1.82, 2.24) is 60.4 Å². The minimum atomic E-state index is -1.14. The maximum absolute atomic E-state index is 13.4. The van der Waals surface area contributed by atoms with Gasteiger partial charge in [0.05, 0.1) is 52.7 Å². The van der Waals surface area contributed by atoms with Gasteiger partial charge in [-0.05, 0) is 101 Å². The fourth-order valence-corrected chi connectivity index (χ4v) is 9.23. The van der Waals surface area contributed by atoms with Gasteiger partial charge in [0.2, 0.25) is 17.9 Å². The number of rotatable bonds is 15. The molecule has 1 saturated carbocycles. The summed E-state index contributed by atoms with van der Waals surface area (Å²) in [5.74, 6) is -0.561. The van der Waals surface area contributed by atoms with Crippen LogP contribution in [0.4, 0.5) is 4.79 Å².